The molecule has 3 rings (SSSR count). The maximum atomic E-state index is 4.61. The van der Waals surface area contributed by atoms with Gasteiger partial charge >= 0.3 is 0 Å². The summed E-state index contributed by atoms with van der Waals surface area (Å²) in [6, 6.07) is 11.8. The van der Waals surface area contributed by atoms with Gasteiger partial charge in [-0.1, -0.05) is 12.1 Å². The minimum atomic E-state index is 0.723. The van der Waals surface area contributed by atoms with Gasteiger partial charge in [-0.2, -0.15) is 0 Å². The summed E-state index contributed by atoms with van der Waals surface area (Å²) in [7, 11) is 0. The Labute approximate surface area is 105 Å². The molecular weight excluding hydrogens is 224 g/mol. The monoisotopic (exact) mass is 236 g/mol. The molecule has 0 atom stereocenters. The van der Waals surface area contributed by atoms with Crippen LogP contribution in [-0.4, -0.2) is 19.5 Å². The second-order valence-corrected chi connectivity index (χ2v) is 3.96. The summed E-state index contributed by atoms with van der Waals surface area (Å²) in [6.07, 6.45) is 7.26. The van der Waals surface area contributed by atoms with Crippen molar-refractivity contribution >= 4 is 0 Å². The van der Waals surface area contributed by atoms with Crippen LogP contribution < -0.4 is 0 Å². The van der Waals surface area contributed by atoms with Crippen molar-refractivity contribution in [1.82, 2.24) is 19.5 Å². The first kappa shape index (κ1) is 10.7. The minimum absolute atomic E-state index is 0.723. The van der Waals surface area contributed by atoms with Crippen LogP contribution in [0, 0.1) is 0 Å². The van der Waals surface area contributed by atoms with Crippen LogP contribution in [0.25, 0.3) is 11.4 Å². The van der Waals surface area contributed by atoms with Gasteiger partial charge in [-0.15, -0.1) is 0 Å². The number of hydrogen-bond donors (Lipinski definition) is 0. The Hall–Kier alpha value is -2.49. The maximum Gasteiger partial charge on any atom is 0.0949 e. The summed E-state index contributed by atoms with van der Waals surface area (Å²) in [5.74, 6) is 0. The van der Waals surface area contributed by atoms with Crippen molar-refractivity contribution in [3.8, 4) is 11.4 Å². The predicted molar refractivity (Wildman–Crippen MR) is 68.8 cm³/mol. The molecule has 0 unspecified atom stereocenters. The predicted octanol–water partition coefficient (Wildman–Crippen LogP) is 2.39. The molecule has 88 valence electrons. The molecule has 0 saturated carbocycles. The first-order valence-electron chi connectivity index (χ1n) is 5.75. The molecule has 0 aliphatic rings. The van der Waals surface area contributed by atoms with E-state index in [0.29, 0.717) is 0 Å². The van der Waals surface area contributed by atoms with E-state index in [0.717, 1.165) is 23.6 Å². The van der Waals surface area contributed by atoms with Gasteiger partial charge in [0.2, 0.25) is 0 Å². The third-order valence-electron chi connectivity index (χ3n) is 2.64. The molecule has 0 N–H and O–H groups in total. The molecule has 3 heterocycles. The summed E-state index contributed by atoms with van der Waals surface area (Å²) in [5, 5.41) is 0. The average molecular weight is 236 g/mol. The Balaban J connectivity index is 1.90. The fraction of sp³-hybridized carbons (Fsp3) is 0.0714. The van der Waals surface area contributed by atoms with Crippen molar-refractivity contribution in [2.45, 2.75) is 6.54 Å². The zero-order valence-electron chi connectivity index (χ0n) is 9.77. The highest BCUT2D eigenvalue weighted by Gasteiger charge is 2.02. The standard InChI is InChI=1S/C14H12N4/c1-2-7-16-13(5-1)14-6-3-4-12(17-14)10-18-9-8-15-11-18/h1-9,11H,10H2. The first-order chi connectivity index (χ1) is 8.92. The summed E-state index contributed by atoms with van der Waals surface area (Å²) in [6.45, 7) is 0.723. The molecule has 0 amide bonds. The second-order valence-electron chi connectivity index (χ2n) is 3.96. The fourth-order valence-corrected chi connectivity index (χ4v) is 1.79. The van der Waals surface area contributed by atoms with E-state index in [1.165, 1.54) is 0 Å². The van der Waals surface area contributed by atoms with E-state index >= 15 is 0 Å². The molecule has 0 aliphatic carbocycles. The van der Waals surface area contributed by atoms with Crippen LogP contribution in [0.15, 0.2) is 61.3 Å². The highest BCUT2D eigenvalue weighted by molar-refractivity contribution is 5.53. The summed E-state index contributed by atoms with van der Waals surface area (Å²) < 4.78 is 1.99. The fourth-order valence-electron chi connectivity index (χ4n) is 1.79. The maximum absolute atomic E-state index is 4.61. The zero-order valence-corrected chi connectivity index (χ0v) is 9.77. The molecule has 0 fully saturated rings. The van der Waals surface area contributed by atoms with E-state index in [9.17, 15) is 0 Å². The molecular formula is C14H12N4. The molecule has 4 heteroatoms. The van der Waals surface area contributed by atoms with E-state index in [1.54, 1.807) is 18.7 Å². The van der Waals surface area contributed by atoms with Gasteiger partial charge in [0.1, 0.15) is 0 Å². The van der Waals surface area contributed by atoms with Crippen molar-refractivity contribution < 1.29 is 0 Å². The Kier molecular flexibility index (Phi) is 2.84. The van der Waals surface area contributed by atoms with Gasteiger partial charge in [0, 0.05) is 18.6 Å². The molecule has 0 aromatic carbocycles. The van der Waals surface area contributed by atoms with Gasteiger partial charge in [-0.05, 0) is 24.3 Å². The van der Waals surface area contributed by atoms with Crippen LogP contribution in [0.3, 0.4) is 0 Å². The van der Waals surface area contributed by atoms with Crippen LogP contribution in [0.4, 0.5) is 0 Å². The van der Waals surface area contributed by atoms with E-state index in [-0.39, 0.29) is 0 Å². The minimum Gasteiger partial charge on any atom is -0.331 e. The molecule has 0 saturated heterocycles. The first-order valence-corrected chi connectivity index (χ1v) is 5.75. The van der Waals surface area contributed by atoms with Gasteiger partial charge < -0.3 is 4.57 Å². The summed E-state index contributed by atoms with van der Waals surface area (Å²) in [5.41, 5.74) is 2.79. The molecule has 0 spiro atoms. The second kappa shape index (κ2) is 4.79. The Morgan fingerprint density at radius 2 is 1.89 bits per heavy atom. The lowest BCUT2D eigenvalue weighted by atomic mass is 10.2. The van der Waals surface area contributed by atoms with Gasteiger partial charge in [-0.25, -0.2) is 9.97 Å². The molecule has 0 bridgehead atoms. The van der Waals surface area contributed by atoms with Crippen molar-refractivity contribution in [3.05, 3.63) is 67.0 Å². The van der Waals surface area contributed by atoms with Crippen molar-refractivity contribution in [3.63, 3.8) is 0 Å². The highest BCUT2D eigenvalue weighted by Crippen LogP contribution is 2.14. The van der Waals surface area contributed by atoms with Crippen molar-refractivity contribution in [1.29, 1.82) is 0 Å². The molecule has 18 heavy (non-hydrogen) atoms. The lowest BCUT2D eigenvalue weighted by molar-refractivity contribution is 0.774. The largest absolute Gasteiger partial charge is 0.331 e. The van der Waals surface area contributed by atoms with Crippen molar-refractivity contribution in [2.75, 3.05) is 0 Å². The Morgan fingerprint density at radius 1 is 0.944 bits per heavy atom. The summed E-state index contributed by atoms with van der Waals surface area (Å²) in [4.78, 5) is 12.9. The highest BCUT2D eigenvalue weighted by atomic mass is 15.0. The molecule has 3 aromatic heterocycles. The van der Waals surface area contributed by atoms with Gasteiger partial charge in [0.25, 0.3) is 0 Å². The lowest BCUT2D eigenvalue weighted by Crippen LogP contribution is -2.00. The van der Waals surface area contributed by atoms with E-state index < -0.39 is 0 Å². The normalized spacial score (nSPS) is 10.4. The van der Waals surface area contributed by atoms with E-state index in [1.807, 2.05) is 47.2 Å². The van der Waals surface area contributed by atoms with Crippen LogP contribution in [-0.2, 0) is 6.54 Å². The van der Waals surface area contributed by atoms with Crippen LogP contribution >= 0.6 is 0 Å². The van der Waals surface area contributed by atoms with E-state index in [4.69, 9.17) is 0 Å². The average Bonchev–Trinajstić information content (AvgIpc) is 2.93. The van der Waals surface area contributed by atoms with Crippen molar-refractivity contribution in [2.24, 2.45) is 0 Å². The zero-order chi connectivity index (χ0) is 12.2. The van der Waals surface area contributed by atoms with Gasteiger partial charge in [-0.3, -0.25) is 4.98 Å². The third kappa shape index (κ3) is 2.27. The lowest BCUT2D eigenvalue weighted by Gasteiger charge is -2.04. The summed E-state index contributed by atoms with van der Waals surface area (Å²) >= 11 is 0. The molecule has 0 aliphatic heterocycles. The topological polar surface area (TPSA) is 43.6 Å². The van der Waals surface area contributed by atoms with Gasteiger partial charge in [0.15, 0.2) is 0 Å². The smallest absolute Gasteiger partial charge is 0.0949 e. The molecule has 0 radical (unpaired) electrons. The molecule has 3 aromatic rings. The number of nitrogens with zero attached hydrogens (tertiary/aromatic N) is 4. The molecule has 4 nitrogen and oxygen atoms in total. The Bertz CT molecular complexity index is 617. The third-order valence-corrected chi connectivity index (χ3v) is 2.64. The van der Waals surface area contributed by atoms with Crippen LogP contribution in [0.2, 0.25) is 0 Å². The number of aromatic nitrogens is 4. The van der Waals surface area contributed by atoms with Crippen LogP contribution in [0.1, 0.15) is 5.69 Å². The Morgan fingerprint density at radius 3 is 2.67 bits per heavy atom. The van der Waals surface area contributed by atoms with Gasteiger partial charge in [0.05, 0.1) is 30.0 Å². The number of imidazole rings is 1. The van der Waals surface area contributed by atoms with E-state index in [2.05, 4.69) is 15.0 Å². The number of rotatable bonds is 3. The number of pyridine rings is 2. The van der Waals surface area contributed by atoms with Crippen LogP contribution in [0.5, 0.6) is 0 Å². The SMILES string of the molecule is c1ccc(-c2cccc(Cn3ccnc3)n2)nc1. The number of hydrogen-bond acceptors (Lipinski definition) is 3. The quantitative estimate of drug-likeness (QED) is 0.701.